The number of nitro groups is 1. The number of anilines is 3. The summed E-state index contributed by atoms with van der Waals surface area (Å²) in [5.41, 5.74) is 4.00. The van der Waals surface area contributed by atoms with Gasteiger partial charge in [0.25, 0.3) is 5.69 Å². The summed E-state index contributed by atoms with van der Waals surface area (Å²) in [6.45, 7) is 4.16. The van der Waals surface area contributed by atoms with Crippen molar-refractivity contribution in [1.82, 2.24) is 0 Å². The maximum absolute atomic E-state index is 11.5. The average molecular weight is 388 g/mol. The number of nitro benzene ring substituents is 1. The van der Waals surface area contributed by atoms with E-state index in [4.69, 9.17) is 0 Å². The van der Waals surface area contributed by atoms with Crippen molar-refractivity contribution in [3.8, 4) is 0 Å². The van der Waals surface area contributed by atoms with Crippen molar-refractivity contribution in [3.63, 3.8) is 0 Å². The van der Waals surface area contributed by atoms with Gasteiger partial charge in [-0.1, -0.05) is 48.5 Å². The van der Waals surface area contributed by atoms with Gasteiger partial charge in [-0.15, -0.1) is 0 Å². The lowest BCUT2D eigenvalue weighted by Gasteiger charge is -2.37. The van der Waals surface area contributed by atoms with E-state index in [1.807, 2.05) is 48.5 Å². The van der Waals surface area contributed by atoms with Crippen LogP contribution in [0.1, 0.15) is 5.56 Å². The molecule has 0 unspecified atom stereocenters. The highest BCUT2D eigenvalue weighted by Crippen LogP contribution is 2.31. The Bertz CT molecular complexity index is 955. The minimum Gasteiger partial charge on any atom is -0.375 e. The maximum Gasteiger partial charge on any atom is 0.292 e. The molecule has 0 radical (unpaired) electrons. The third-order valence-corrected chi connectivity index (χ3v) is 5.27. The van der Waals surface area contributed by atoms with E-state index in [1.54, 1.807) is 6.07 Å². The molecule has 0 saturated carbocycles. The van der Waals surface area contributed by atoms with Gasteiger partial charge in [-0.3, -0.25) is 10.1 Å². The maximum atomic E-state index is 11.5. The number of hydrogen-bond donors (Lipinski definition) is 1. The summed E-state index contributed by atoms with van der Waals surface area (Å²) < 4.78 is 0. The van der Waals surface area contributed by atoms with Crippen LogP contribution in [-0.2, 0) is 6.54 Å². The van der Waals surface area contributed by atoms with Crippen LogP contribution in [0.3, 0.4) is 0 Å². The number of nitrogens with one attached hydrogen (secondary N) is 1. The monoisotopic (exact) mass is 388 g/mol. The SMILES string of the molecule is O=[N+]([O-])c1ccc(N2CCN(c3ccccc3)CC2)cc1NCc1ccccc1. The van der Waals surface area contributed by atoms with Crippen molar-refractivity contribution in [1.29, 1.82) is 0 Å². The van der Waals surface area contributed by atoms with Crippen LogP contribution in [0.15, 0.2) is 78.9 Å². The first-order valence-electron chi connectivity index (χ1n) is 9.82. The summed E-state index contributed by atoms with van der Waals surface area (Å²) >= 11 is 0. The Labute approximate surface area is 170 Å². The molecule has 0 aliphatic carbocycles. The first-order valence-corrected chi connectivity index (χ1v) is 9.82. The van der Waals surface area contributed by atoms with E-state index in [-0.39, 0.29) is 10.6 Å². The van der Waals surface area contributed by atoms with Crippen molar-refractivity contribution >= 4 is 22.7 Å². The first-order chi connectivity index (χ1) is 14.2. The van der Waals surface area contributed by atoms with Crippen LogP contribution in [0, 0.1) is 10.1 Å². The molecule has 0 aromatic heterocycles. The third kappa shape index (κ3) is 4.48. The topological polar surface area (TPSA) is 61.7 Å². The van der Waals surface area contributed by atoms with Gasteiger partial charge in [0, 0.05) is 50.2 Å². The molecule has 6 nitrogen and oxygen atoms in total. The van der Waals surface area contributed by atoms with Crippen LogP contribution in [0.5, 0.6) is 0 Å². The predicted molar refractivity (Wildman–Crippen MR) is 118 cm³/mol. The third-order valence-electron chi connectivity index (χ3n) is 5.27. The molecule has 3 aromatic rings. The largest absolute Gasteiger partial charge is 0.375 e. The van der Waals surface area contributed by atoms with Crippen molar-refractivity contribution in [2.75, 3.05) is 41.3 Å². The molecule has 0 amide bonds. The molecule has 0 bridgehead atoms. The van der Waals surface area contributed by atoms with Crippen molar-refractivity contribution in [2.24, 2.45) is 0 Å². The lowest BCUT2D eigenvalue weighted by Crippen LogP contribution is -2.46. The van der Waals surface area contributed by atoms with Gasteiger partial charge in [0.2, 0.25) is 0 Å². The summed E-state index contributed by atoms with van der Waals surface area (Å²) in [6.07, 6.45) is 0. The van der Waals surface area contributed by atoms with Crippen LogP contribution >= 0.6 is 0 Å². The number of hydrogen-bond acceptors (Lipinski definition) is 5. The number of piperazine rings is 1. The summed E-state index contributed by atoms with van der Waals surface area (Å²) in [5.74, 6) is 0. The quantitative estimate of drug-likeness (QED) is 0.496. The predicted octanol–water partition coefficient (Wildman–Crippen LogP) is 4.53. The molecule has 0 spiro atoms. The van der Waals surface area contributed by atoms with Gasteiger partial charge < -0.3 is 15.1 Å². The second-order valence-corrected chi connectivity index (χ2v) is 7.11. The van der Waals surface area contributed by atoms with Gasteiger partial charge in [0.05, 0.1) is 4.92 Å². The Hall–Kier alpha value is -3.54. The van der Waals surface area contributed by atoms with Crippen molar-refractivity contribution < 1.29 is 4.92 Å². The molecule has 1 aliphatic heterocycles. The number of nitrogens with zero attached hydrogens (tertiary/aromatic N) is 3. The van der Waals surface area contributed by atoms with Crippen LogP contribution in [-0.4, -0.2) is 31.1 Å². The normalized spacial score (nSPS) is 13.9. The van der Waals surface area contributed by atoms with Gasteiger partial charge >= 0.3 is 0 Å². The van der Waals surface area contributed by atoms with Crippen LogP contribution in [0.4, 0.5) is 22.7 Å². The summed E-state index contributed by atoms with van der Waals surface area (Å²) in [7, 11) is 0. The number of rotatable bonds is 6. The first kappa shape index (κ1) is 18.8. The molecule has 6 heteroatoms. The summed E-state index contributed by atoms with van der Waals surface area (Å²) in [4.78, 5) is 15.8. The molecule has 4 rings (SSSR count). The fraction of sp³-hybridized carbons (Fsp3) is 0.217. The molecular weight excluding hydrogens is 364 g/mol. The van der Waals surface area contributed by atoms with Gasteiger partial charge in [0.1, 0.15) is 5.69 Å². The molecular formula is C23H24N4O2. The van der Waals surface area contributed by atoms with Crippen molar-refractivity contribution in [2.45, 2.75) is 6.54 Å². The van der Waals surface area contributed by atoms with E-state index in [9.17, 15) is 10.1 Å². The highest BCUT2D eigenvalue weighted by Gasteiger charge is 2.20. The molecule has 1 fully saturated rings. The molecule has 1 heterocycles. The Kier molecular flexibility index (Phi) is 5.61. The van der Waals surface area contributed by atoms with Gasteiger partial charge in [-0.2, -0.15) is 0 Å². The minimum atomic E-state index is -0.329. The smallest absolute Gasteiger partial charge is 0.292 e. The number of benzene rings is 3. The van der Waals surface area contributed by atoms with Gasteiger partial charge in [-0.25, -0.2) is 0 Å². The molecule has 1 N–H and O–H groups in total. The summed E-state index contributed by atoms with van der Waals surface area (Å²) in [5, 5.41) is 14.7. The minimum absolute atomic E-state index is 0.104. The Morgan fingerprint density at radius 2 is 1.38 bits per heavy atom. The lowest BCUT2D eigenvalue weighted by atomic mass is 10.1. The molecule has 3 aromatic carbocycles. The Morgan fingerprint density at radius 3 is 2.00 bits per heavy atom. The number of para-hydroxylation sites is 1. The van der Waals surface area contributed by atoms with E-state index in [2.05, 4.69) is 39.4 Å². The fourth-order valence-electron chi connectivity index (χ4n) is 3.68. The van der Waals surface area contributed by atoms with Gasteiger partial charge in [-0.05, 0) is 29.8 Å². The fourth-order valence-corrected chi connectivity index (χ4v) is 3.68. The van der Waals surface area contributed by atoms with E-state index < -0.39 is 0 Å². The molecule has 1 saturated heterocycles. The van der Waals surface area contributed by atoms with Crippen LogP contribution < -0.4 is 15.1 Å². The van der Waals surface area contributed by atoms with E-state index in [0.717, 1.165) is 37.4 Å². The molecule has 0 atom stereocenters. The van der Waals surface area contributed by atoms with E-state index in [1.165, 1.54) is 5.69 Å². The molecule has 148 valence electrons. The Morgan fingerprint density at radius 1 is 0.793 bits per heavy atom. The standard InChI is InChI=1S/C23H24N4O2/c28-27(29)23-12-11-21(17-22(23)24-18-19-7-3-1-4-8-19)26-15-13-25(14-16-26)20-9-5-2-6-10-20/h1-12,17,24H,13-16,18H2. The van der Waals surface area contributed by atoms with Gasteiger partial charge in [0.15, 0.2) is 0 Å². The zero-order valence-corrected chi connectivity index (χ0v) is 16.2. The van der Waals surface area contributed by atoms with Crippen LogP contribution in [0.25, 0.3) is 0 Å². The highest BCUT2D eigenvalue weighted by atomic mass is 16.6. The second kappa shape index (κ2) is 8.65. The van der Waals surface area contributed by atoms with Crippen molar-refractivity contribution in [3.05, 3.63) is 94.5 Å². The molecule has 1 aliphatic rings. The zero-order valence-electron chi connectivity index (χ0n) is 16.2. The lowest BCUT2D eigenvalue weighted by molar-refractivity contribution is -0.384. The second-order valence-electron chi connectivity index (χ2n) is 7.11. The van der Waals surface area contributed by atoms with Crippen LogP contribution in [0.2, 0.25) is 0 Å². The Balaban J connectivity index is 1.47. The highest BCUT2D eigenvalue weighted by molar-refractivity contribution is 5.69. The average Bonchev–Trinajstić information content (AvgIpc) is 2.79. The summed E-state index contributed by atoms with van der Waals surface area (Å²) in [6, 6.07) is 25.7. The van der Waals surface area contributed by atoms with E-state index >= 15 is 0 Å². The molecule has 29 heavy (non-hydrogen) atoms. The zero-order chi connectivity index (χ0) is 20.1. The van der Waals surface area contributed by atoms with E-state index in [0.29, 0.717) is 12.2 Å².